The van der Waals surface area contributed by atoms with Crippen molar-refractivity contribution in [1.29, 1.82) is 0 Å². The van der Waals surface area contributed by atoms with Gasteiger partial charge in [0, 0.05) is 38.3 Å². The number of nitrogens with one attached hydrogen (secondary N) is 1. The van der Waals surface area contributed by atoms with Gasteiger partial charge in [0.25, 0.3) is 0 Å². The minimum atomic E-state index is -0.903. The molecule has 0 amide bonds. The molecule has 2 N–H and O–H groups in total. The Morgan fingerprint density at radius 3 is 2.55 bits per heavy atom. The molecule has 0 bridgehead atoms. The van der Waals surface area contributed by atoms with Crippen LogP contribution in [0.3, 0.4) is 0 Å². The maximum absolute atomic E-state index is 11.0. The van der Waals surface area contributed by atoms with Crippen molar-refractivity contribution >= 4 is 0 Å². The van der Waals surface area contributed by atoms with Crippen LogP contribution in [0.25, 0.3) is 0 Å². The molecule has 1 heterocycles. The highest BCUT2D eigenvalue weighted by Crippen LogP contribution is 2.34. The number of hydrogen-bond donors (Lipinski definition) is 2. The Morgan fingerprint density at radius 2 is 1.95 bits per heavy atom. The lowest BCUT2D eigenvalue weighted by Crippen LogP contribution is -2.48. The van der Waals surface area contributed by atoms with Crippen molar-refractivity contribution in [3.8, 4) is 5.75 Å². The number of hydrogen-bond acceptors (Lipinski definition) is 4. The Labute approximate surface area is 121 Å². The summed E-state index contributed by atoms with van der Waals surface area (Å²) >= 11 is 0. The maximum Gasteiger partial charge on any atom is 0.127 e. The number of piperazine rings is 1. The summed E-state index contributed by atoms with van der Waals surface area (Å²) in [4.78, 5) is 2.30. The molecule has 0 aliphatic carbocycles. The summed E-state index contributed by atoms with van der Waals surface area (Å²) in [5.41, 5.74) is 2.21. The van der Waals surface area contributed by atoms with Gasteiger partial charge in [-0.15, -0.1) is 0 Å². The van der Waals surface area contributed by atoms with E-state index in [1.54, 1.807) is 7.11 Å². The minimum absolute atomic E-state index is 0.633. The Kier molecular flexibility index (Phi) is 4.68. The molecule has 1 unspecified atom stereocenters. The molecule has 20 heavy (non-hydrogen) atoms. The first-order valence-corrected chi connectivity index (χ1v) is 7.25. The zero-order valence-electron chi connectivity index (χ0n) is 13.0. The highest BCUT2D eigenvalue weighted by molar-refractivity contribution is 5.46. The molecule has 1 saturated heterocycles. The average Bonchev–Trinajstić information content (AvgIpc) is 2.38. The molecular formula is C16H26N2O2. The lowest BCUT2D eigenvalue weighted by atomic mass is 9.91. The van der Waals surface area contributed by atoms with Crippen LogP contribution in [-0.2, 0) is 5.60 Å². The van der Waals surface area contributed by atoms with Gasteiger partial charge in [-0.3, -0.25) is 4.90 Å². The summed E-state index contributed by atoms with van der Waals surface area (Å²) in [5.74, 6) is 0.802. The molecular weight excluding hydrogens is 252 g/mol. The molecule has 1 fully saturated rings. The van der Waals surface area contributed by atoms with Crippen molar-refractivity contribution in [2.45, 2.75) is 26.4 Å². The lowest BCUT2D eigenvalue weighted by Gasteiger charge is -2.35. The van der Waals surface area contributed by atoms with Gasteiger partial charge in [0.2, 0.25) is 0 Å². The fraction of sp³-hybridized carbons (Fsp3) is 0.625. The van der Waals surface area contributed by atoms with E-state index in [1.807, 2.05) is 19.9 Å². The molecule has 0 radical (unpaired) electrons. The Bertz CT molecular complexity index is 466. The molecule has 0 saturated carbocycles. The van der Waals surface area contributed by atoms with E-state index in [1.165, 1.54) is 0 Å². The van der Waals surface area contributed by atoms with Crippen molar-refractivity contribution in [1.82, 2.24) is 10.2 Å². The molecule has 1 aromatic carbocycles. The molecule has 0 aromatic heterocycles. The third-order valence-electron chi connectivity index (χ3n) is 3.94. The summed E-state index contributed by atoms with van der Waals surface area (Å²) in [6.45, 7) is 10.5. The Morgan fingerprint density at radius 1 is 1.30 bits per heavy atom. The van der Waals surface area contributed by atoms with Gasteiger partial charge in [-0.25, -0.2) is 0 Å². The van der Waals surface area contributed by atoms with Crippen molar-refractivity contribution in [2.24, 2.45) is 0 Å². The second-order valence-corrected chi connectivity index (χ2v) is 5.96. The van der Waals surface area contributed by atoms with Gasteiger partial charge in [-0.05, 0) is 32.4 Å². The normalized spacial score (nSPS) is 19.6. The first kappa shape index (κ1) is 15.3. The van der Waals surface area contributed by atoms with Crippen molar-refractivity contribution in [3.05, 3.63) is 28.8 Å². The third-order valence-corrected chi connectivity index (χ3v) is 3.94. The molecule has 112 valence electrons. The number of methoxy groups -OCH3 is 1. The number of benzene rings is 1. The smallest absolute Gasteiger partial charge is 0.127 e. The Hall–Kier alpha value is -1.10. The van der Waals surface area contributed by atoms with Crippen LogP contribution in [0, 0.1) is 13.8 Å². The number of β-amino-alcohol motifs (C(OH)–C–C–N with tert-alkyl or cyclic N) is 1. The highest BCUT2D eigenvalue weighted by Gasteiger charge is 2.30. The monoisotopic (exact) mass is 278 g/mol. The van der Waals surface area contributed by atoms with E-state index in [4.69, 9.17) is 4.74 Å². The number of nitrogens with zero attached hydrogens (tertiary/aromatic N) is 1. The number of ether oxygens (including phenoxy) is 1. The molecule has 2 rings (SSSR count). The van der Waals surface area contributed by atoms with Gasteiger partial charge >= 0.3 is 0 Å². The van der Waals surface area contributed by atoms with Gasteiger partial charge < -0.3 is 15.2 Å². The summed E-state index contributed by atoms with van der Waals surface area (Å²) in [6.07, 6.45) is 0. The van der Waals surface area contributed by atoms with Crippen LogP contribution in [0.1, 0.15) is 23.6 Å². The van der Waals surface area contributed by atoms with Gasteiger partial charge in [-0.2, -0.15) is 0 Å². The first-order chi connectivity index (χ1) is 9.44. The minimum Gasteiger partial charge on any atom is -0.496 e. The SMILES string of the molecule is COc1c(C)cc(C)cc1C(C)(O)CN1CCNCC1. The quantitative estimate of drug-likeness (QED) is 0.874. The van der Waals surface area contributed by atoms with Crippen LogP contribution in [-0.4, -0.2) is 49.8 Å². The van der Waals surface area contributed by atoms with E-state index in [9.17, 15) is 5.11 Å². The van der Waals surface area contributed by atoms with Crippen LogP contribution in [0.4, 0.5) is 0 Å². The van der Waals surface area contributed by atoms with Crippen molar-refractivity contribution < 1.29 is 9.84 Å². The molecule has 1 aliphatic heterocycles. The Balaban J connectivity index is 2.27. The fourth-order valence-electron chi connectivity index (χ4n) is 3.02. The summed E-state index contributed by atoms with van der Waals surface area (Å²) in [7, 11) is 1.67. The lowest BCUT2D eigenvalue weighted by molar-refractivity contribution is 0.0107. The summed E-state index contributed by atoms with van der Waals surface area (Å²) in [5, 5.41) is 14.3. The summed E-state index contributed by atoms with van der Waals surface area (Å²) < 4.78 is 5.52. The zero-order chi connectivity index (χ0) is 14.8. The van der Waals surface area contributed by atoms with Crippen molar-refractivity contribution in [2.75, 3.05) is 39.8 Å². The van der Waals surface area contributed by atoms with E-state index in [2.05, 4.69) is 23.2 Å². The van der Waals surface area contributed by atoms with E-state index in [-0.39, 0.29) is 0 Å². The average molecular weight is 278 g/mol. The highest BCUT2D eigenvalue weighted by atomic mass is 16.5. The van der Waals surface area contributed by atoms with Gasteiger partial charge in [-0.1, -0.05) is 11.6 Å². The maximum atomic E-state index is 11.0. The number of rotatable bonds is 4. The van der Waals surface area contributed by atoms with Crippen LogP contribution in [0.15, 0.2) is 12.1 Å². The predicted octanol–water partition coefficient (Wildman–Crippen LogP) is 1.42. The van der Waals surface area contributed by atoms with Gasteiger partial charge in [0.1, 0.15) is 11.4 Å². The second kappa shape index (κ2) is 6.12. The fourth-order valence-corrected chi connectivity index (χ4v) is 3.02. The van der Waals surface area contributed by atoms with E-state index in [0.29, 0.717) is 6.54 Å². The molecule has 4 nitrogen and oxygen atoms in total. The molecule has 0 spiro atoms. The largest absolute Gasteiger partial charge is 0.496 e. The van der Waals surface area contributed by atoms with E-state index in [0.717, 1.165) is 48.6 Å². The molecule has 4 heteroatoms. The van der Waals surface area contributed by atoms with Crippen LogP contribution < -0.4 is 10.1 Å². The van der Waals surface area contributed by atoms with E-state index >= 15 is 0 Å². The van der Waals surface area contributed by atoms with Crippen LogP contribution in [0.5, 0.6) is 5.75 Å². The standard InChI is InChI=1S/C16H26N2O2/c1-12-9-13(2)15(20-4)14(10-12)16(3,19)11-18-7-5-17-6-8-18/h9-10,17,19H,5-8,11H2,1-4H3. The number of aryl methyl sites for hydroxylation is 2. The second-order valence-electron chi connectivity index (χ2n) is 5.96. The molecule has 1 atom stereocenters. The van der Waals surface area contributed by atoms with E-state index < -0.39 is 5.60 Å². The zero-order valence-corrected chi connectivity index (χ0v) is 13.0. The predicted molar refractivity (Wildman–Crippen MR) is 81.3 cm³/mol. The summed E-state index contributed by atoms with van der Waals surface area (Å²) in [6, 6.07) is 4.12. The molecule has 1 aliphatic rings. The van der Waals surface area contributed by atoms with Gasteiger partial charge in [0.05, 0.1) is 7.11 Å². The number of aliphatic hydroxyl groups is 1. The van der Waals surface area contributed by atoms with Crippen LogP contribution >= 0.6 is 0 Å². The van der Waals surface area contributed by atoms with Crippen molar-refractivity contribution in [3.63, 3.8) is 0 Å². The van der Waals surface area contributed by atoms with Crippen LogP contribution in [0.2, 0.25) is 0 Å². The topological polar surface area (TPSA) is 44.7 Å². The molecule has 1 aromatic rings. The van der Waals surface area contributed by atoms with Gasteiger partial charge in [0.15, 0.2) is 0 Å². The third kappa shape index (κ3) is 3.32. The first-order valence-electron chi connectivity index (χ1n) is 7.25.